The molecule has 0 rings (SSSR count). The third-order valence-corrected chi connectivity index (χ3v) is 4.49. The van der Waals surface area contributed by atoms with Gasteiger partial charge in [0.2, 0.25) is 0 Å². The van der Waals surface area contributed by atoms with Crippen LogP contribution in [0.3, 0.4) is 0 Å². The van der Waals surface area contributed by atoms with Crippen molar-refractivity contribution in [3.63, 3.8) is 0 Å². The van der Waals surface area contributed by atoms with Gasteiger partial charge in [-0.2, -0.15) is 0 Å². The Balaban J connectivity index is 0. The Kier molecular flexibility index (Phi) is 11.0. The van der Waals surface area contributed by atoms with Crippen LogP contribution < -0.4 is 5.73 Å². The molecule has 0 fully saturated rings. The molecule has 0 atom stereocenters. The smallest absolute Gasteiger partial charge is 0.0940 e. The lowest BCUT2D eigenvalue weighted by Gasteiger charge is -2.35. The van der Waals surface area contributed by atoms with Crippen LogP contribution in [0.4, 0.5) is 0 Å². The maximum atomic E-state index is 4.29. The van der Waals surface area contributed by atoms with Gasteiger partial charge in [0.05, 0.1) is 5.54 Å². The standard InChI is InChI=1S/C16H35N.H2O/c1-6-7-8-9-10-11-12-13-14-15(2,3)16(4,5)17;/h6-14,17H2,1-5H3;1H2. The van der Waals surface area contributed by atoms with E-state index in [4.69, 9.17) is 0 Å². The predicted octanol–water partition coefficient (Wildman–Crippen LogP) is 4.39. The quantitative estimate of drug-likeness (QED) is 0.581. The summed E-state index contributed by atoms with van der Waals surface area (Å²) in [4.78, 5) is 0. The summed E-state index contributed by atoms with van der Waals surface area (Å²) in [5.74, 6) is 0. The molecule has 4 N–H and O–H groups in total. The fourth-order valence-electron chi connectivity index (χ4n) is 2.04. The molecule has 0 saturated heterocycles. The SMILES string of the molecule is CCCCCCCCCCC(C)(C)C(C)(C)[NH3+].[OH-]. The van der Waals surface area contributed by atoms with Gasteiger partial charge in [-0.1, -0.05) is 72.1 Å². The van der Waals surface area contributed by atoms with E-state index >= 15 is 0 Å². The largest absolute Gasteiger partial charge is 0.870 e. The van der Waals surface area contributed by atoms with E-state index in [2.05, 4.69) is 40.4 Å². The molecule has 18 heavy (non-hydrogen) atoms. The Morgan fingerprint density at radius 1 is 0.722 bits per heavy atom. The molecule has 0 spiro atoms. The van der Waals surface area contributed by atoms with Crippen LogP contribution in [-0.4, -0.2) is 11.0 Å². The van der Waals surface area contributed by atoms with Crippen molar-refractivity contribution in [2.75, 3.05) is 0 Å². The summed E-state index contributed by atoms with van der Waals surface area (Å²) in [5.41, 5.74) is 4.85. The molecule has 0 aliphatic heterocycles. The molecular formula is C16H37NO. The molecule has 0 saturated carbocycles. The normalized spacial score (nSPS) is 12.3. The molecule has 0 aliphatic carbocycles. The summed E-state index contributed by atoms with van der Waals surface area (Å²) in [7, 11) is 0. The zero-order valence-electron chi connectivity index (χ0n) is 13.5. The molecule has 2 heteroatoms. The van der Waals surface area contributed by atoms with E-state index in [0.29, 0.717) is 5.41 Å². The van der Waals surface area contributed by atoms with Crippen LogP contribution in [0.5, 0.6) is 0 Å². The topological polar surface area (TPSA) is 57.6 Å². The van der Waals surface area contributed by atoms with E-state index in [1.54, 1.807) is 0 Å². The van der Waals surface area contributed by atoms with Crippen molar-refractivity contribution in [2.45, 2.75) is 97.9 Å². The maximum absolute atomic E-state index is 4.29. The highest BCUT2D eigenvalue weighted by molar-refractivity contribution is 4.84. The van der Waals surface area contributed by atoms with E-state index in [1.165, 1.54) is 57.8 Å². The lowest BCUT2D eigenvalue weighted by atomic mass is 9.72. The van der Waals surface area contributed by atoms with Crippen molar-refractivity contribution in [3.8, 4) is 0 Å². The van der Waals surface area contributed by atoms with Gasteiger partial charge >= 0.3 is 0 Å². The average molecular weight is 259 g/mol. The van der Waals surface area contributed by atoms with Crippen molar-refractivity contribution in [2.24, 2.45) is 5.41 Å². The first kappa shape index (κ1) is 20.2. The molecule has 0 aromatic heterocycles. The van der Waals surface area contributed by atoms with E-state index in [9.17, 15) is 0 Å². The van der Waals surface area contributed by atoms with Gasteiger partial charge in [-0.05, 0) is 20.3 Å². The van der Waals surface area contributed by atoms with E-state index < -0.39 is 0 Å². The highest BCUT2D eigenvalue weighted by Gasteiger charge is 2.36. The Morgan fingerprint density at radius 2 is 1.11 bits per heavy atom. The fraction of sp³-hybridized carbons (Fsp3) is 1.00. The van der Waals surface area contributed by atoms with Crippen LogP contribution >= 0.6 is 0 Å². The van der Waals surface area contributed by atoms with Crippen molar-refractivity contribution >= 4 is 0 Å². The third-order valence-electron chi connectivity index (χ3n) is 4.49. The predicted molar refractivity (Wildman–Crippen MR) is 79.9 cm³/mol. The maximum Gasteiger partial charge on any atom is 0.0940 e. The lowest BCUT2D eigenvalue weighted by Crippen LogP contribution is -2.75. The number of hydrogen-bond acceptors (Lipinski definition) is 1. The van der Waals surface area contributed by atoms with E-state index in [0.717, 1.165) is 0 Å². The number of unbranched alkanes of at least 4 members (excludes halogenated alkanes) is 7. The van der Waals surface area contributed by atoms with Crippen molar-refractivity contribution in [1.29, 1.82) is 0 Å². The zero-order chi connectivity index (χ0) is 13.4. The molecule has 0 aromatic carbocycles. The average Bonchev–Trinajstić information content (AvgIpc) is 2.20. The van der Waals surface area contributed by atoms with Gasteiger partial charge in [0.1, 0.15) is 0 Å². The van der Waals surface area contributed by atoms with Gasteiger partial charge < -0.3 is 11.2 Å². The van der Waals surface area contributed by atoms with Gasteiger partial charge in [-0.3, -0.25) is 0 Å². The summed E-state index contributed by atoms with van der Waals surface area (Å²) in [6, 6.07) is 0. The summed E-state index contributed by atoms with van der Waals surface area (Å²) in [6.07, 6.45) is 12.6. The summed E-state index contributed by atoms with van der Waals surface area (Å²) in [5, 5.41) is 0. The molecule has 0 unspecified atom stereocenters. The first-order valence-electron chi connectivity index (χ1n) is 7.66. The highest BCUT2D eigenvalue weighted by Crippen LogP contribution is 2.32. The first-order valence-corrected chi connectivity index (χ1v) is 7.66. The van der Waals surface area contributed by atoms with Crippen LogP contribution in [0.15, 0.2) is 0 Å². The van der Waals surface area contributed by atoms with Gasteiger partial charge in [0.15, 0.2) is 0 Å². The Bertz CT molecular complexity index is 182. The van der Waals surface area contributed by atoms with Crippen molar-refractivity contribution in [1.82, 2.24) is 0 Å². The first-order chi connectivity index (χ1) is 7.81. The number of quaternary nitrogens is 1. The van der Waals surface area contributed by atoms with Gasteiger partial charge in [0, 0.05) is 5.41 Å². The van der Waals surface area contributed by atoms with E-state index in [-0.39, 0.29) is 11.0 Å². The second-order valence-corrected chi connectivity index (χ2v) is 6.99. The summed E-state index contributed by atoms with van der Waals surface area (Å²) < 4.78 is 0. The van der Waals surface area contributed by atoms with Crippen LogP contribution in [-0.2, 0) is 0 Å². The van der Waals surface area contributed by atoms with Crippen molar-refractivity contribution in [3.05, 3.63) is 0 Å². The Hall–Kier alpha value is -0.0800. The molecular weight excluding hydrogens is 222 g/mol. The van der Waals surface area contributed by atoms with Gasteiger partial charge in [-0.15, -0.1) is 0 Å². The second kappa shape index (κ2) is 9.80. The molecule has 2 nitrogen and oxygen atoms in total. The monoisotopic (exact) mass is 259 g/mol. The molecule has 0 radical (unpaired) electrons. The number of hydrogen-bond donors (Lipinski definition) is 1. The van der Waals surface area contributed by atoms with Gasteiger partial charge in [-0.25, -0.2) is 0 Å². The molecule has 112 valence electrons. The minimum absolute atomic E-state index is 0. The molecule has 0 aromatic rings. The highest BCUT2D eigenvalue weighted by atomic mass is 16.0. The van der Waals surface area contributed by atoms with Crippen LogP contribution in [0.1, 0.15) is 92.4 Å². The van der Waals surface area contributed by atoms with Gasteiger partial charge in [0.25, 0.3) is 0 Å². The lowest BCUT2D eigenvalue weighted by molar-refractivity contribution is -0.493. The van der Waals surface area contributed by atoms with Crippen LogP contribution in [0.25, 0.3) is 0 Å². The molecule has 0 aliphatic rings. The third kappa shape index (κ3) is 8.93. The minimum atomic E-state index is 0. The fourth-order valence-corrected chi connectivity index (χ4v) is 2.04. The van der Waals surface area contributed by atoms with E-state index in [1.807, 2.05) is 0 Å². The molecule has 0 amide bonds. The Labute approximate surface area is 115 Å². The molecule has 0 heterocycles. The summed E-state index contributed by atoms with van der Waals surface area (Å²) >= 11 is 0. The Morgan fingerprint density at radius 3 is 1.50 bits per heavy atom. The summed E-state index contributed by atoms with van der Waals surface area (Å²) in [6.45, 7) is 11.5. The van der Waals surface area contributed by atoms with Crippen LogP contribution in [0, 0.1) is 5.41 Å². The van der Waals surface area contributed by atoms with Crippen LogP contribution in [0.2, 0.25) is 0 Å². The minimum Gasteiger partial charge on any atom is -0.870 e. The number of rotatable bonds is 10. The zero-order valence-corrected chi connectivity index (χ0v) is 13.5. The molecule has 0 bridgehead atoms. The van der Waals surface area contributed by atoms with Crippen molar-refractivity contribution < 1.29 is 11.2 Å². The second-order valence-electron chi connectivity index (χ2n) is 6.99.